The van der Waals surface area contributed by atoms with Crippen LogP contribution >= 0.6 is 0 Å². The van der Waals surface area contributed by atoms with E-state index in [4.69, 9.17) is 4.98 Å². The first-order valence-electron chi connectivity index (χ1n) is 13.8. The summed E-state index contributed by atoms with van der Waals surface area (Å²) in [7, 11) is 0. The number of nitrogens with one attached hydrogen (secondary N) is 2. The van der Waals surface area contributed by atoms with Gasteiger partial charge >= 0.3 is 0 Å². The molecule has 0 bridgehead atoms. The topological polar surface area (TPSA) is 146 Å². The highest BCUT2D eigenvalue weighted by molar-refractivity contribution is 5.92. The minimum atomic E-state index is -0.553. The van der Waals surface area contributed by atoms with Crippen LogP contribution in [0.25, 0.3) is 0 Å². The molecule has 0 radical (unpaired) electrons. The zero-order valence-electron chi connectivity index (χ0n) is 22.6. The third-order valence-corrected chi connectivity index (χ3v) is 7.43. The predicted octanol–water partition coefficient (Wildman–Crippen LogP) is 1.39. The summed E-state index contributed by atoms with van der Waals surface area (Å²) in [6, 6.07) is 11.5. The summed E-state index contributed by atoms with van der Waals surface area (Å²) < 4.78 is 1.75. The van der Waals surface area contributed by atoms with Gasteiger partial charge in [0.05, 0.1) is 12.6 Å². The summed E-state index contributed by atoms with van der Waals surface area (Å²) >= 11 is 0. The molecule has 2 N–H and O–H groups in total. The van der Waals surface area contributed by atoms with Crippen LogP contribution < -0.4 is 10.9 Å². The van der Waals surface area contributed by atoms with Crippen molar-refractivity contribution in [2.75, 3.05) is 19.6 Å². The first-order chi connectivity index (χ1) is 19.4. The van der Waals surface area contributed by atoms with Crippen LogP contribution in [0.2, 0.25) is 0 Å². The van der Waals surface area contributed by atoms with Crippen molar-refractivity contribution in [1.82, 2.24) is 40.1 Å². The molecule has 1 saturated heterocycles. The Morgan fingerprint density at radius 2 is 1.80 bits per heavy atom. The van der Waals surface area contributed by atoms with E-state index < -0.39 is 17.6 Å². The van der Waals surface area contributed by atoms with Crippen LogP contribution in [0, 0.1) is 6.92 Å². The molecule has 0 unspecified atom stereocenters. The van der Waals surface area contributed by atoms with Crippen LogP contribution in [0.3, 0.4) is 0 Å². The number of aryl methyl sites for hydroxylation is 1. The van der Waals surface area contributed by atoms with Crippen LogP contribution in [0.15, 0.2) is 47.3 Å². The molecule has 2 aliphatic rings. The van der Waals surface area contributed by atoms with Crippen molar-refractivity contribution in [3.63, 3.8) is 0 Å². The predicted molar refractivity (Wildman–Crippen MR) is 145 cm³/mol. The van der Waals surface area contributed by atoms with Gasteiger partial charge in [0.15, 0.2) is 0 Å². The fourth-order valence-electron chi connectivity index (χ4n) is 5.44. The second-order valence-electron chi connectivity index (χ2n) is 10.3. The molecule has 2 aromatic heterocycles. The van der Waals surface area contributed by atoms with Crippen molar-refractivity contribution in [3.8, 4) is 0 Å². The highest BCUT2D eigenvalue weighted by Crippen LogP contribution is 2.23. The Balaban J connectivity index is 1.49. The molecule has 2 aliphatic heterocycles. The van der Waals surface area contributed by atoms with Crippen molar-refractivity contribution in [2.45, 2.75) is 64.1 Å². The second kappa shape index (κ2) is 12.2. The van der Waals surface area contributed by atoms with Gasteiger partial charge in [0.1, 0.15) is 23.4 Å². The first-order valence-corrected chi connectivity index (χ1v) is 13.8. The lowest BCUT2D eigenvalue weighted by atomic mass is 9.99. The molecule has 0 saturated carbocycles. The van der Waals surface area contributed by atoms with E-state index in [1.54, 1.807) is 21.4 Å². The van der Waals surface area contributed by atoms with Gasteiger partial charge < -0.3 is 15.1 Å². The van der Waals surface area contributed by atoms with E-state index in [0.717, 1.165) is 18.4 Å². The molecule has 5 rings (SSSR count). The lowest BCUT2D eigenvalue weighted by molar-refractivity contribution is -0.142. The number of hydrogen-bond donors (Lipinski definition) is 2. The van der Waals surface area contributed by atoms with E-state index in [-0.39, 0.29) is 36.4 Å². The van der Waals surface area contributed by atoms with Crippen molar-refractivity contribution >= 4 is 17.7 Å². The number of fused-ring (bicyclic) bond motifs is 2. The maximum Gasteiger partial charge on any atom is 0.274 e. The molecule has 3 amide bonds. The van der Waals surface area contributed by atoms with Crippen LogP contribution in [-0.2, 0) is 22.6 Å². The molecule has 4 heterocycles. The van der Waals surface area contributed by atoms with Crippen LogP contribution in [0.1, 0.15) is 65.8 Å². The number of carbonyl (C=O) groups is 3. The SMILES string of the molecule is Cc1nc2n(n1)CCN(C(=O)c1ccc(=O)[nH]n1)CCCC(=O)N1CCCC[C@H]1C(=O)N[C@@H]2Cc1ccccc1. The quantitative estimate of drug-likeness (QED) is 0.505. The minimum absolute atomic E-state index is 0.0925. The van der Waals surface area contributed by atoms with Gasteiger partial charge in [-0.3, -0.25) is 19.2 Å². The van der Waals surface area contributed by atoms with Crippen LogP contribution in [0.5, 0.6) is 0 Å². The zero-order valence-corrected chi connectivity index (χ0v) is 22.6. The summed E-state index contributed by atoms with van der Waals surface area (Å²) in [5.74, 6) is 0.528. The number of hydrogen-bond acceptors (Lipinski definition) is 7. The third kappa shape index (κ3) is 6.27. The molecule has 0 spiro atoms. The average molecular weight is 547 g/mol. The van der Waals surface area contributed by atoms with Crippen molar-refractivity contribution < 1.29 is 14.4 Å². The minimum Gasteiger partial charge on any atom is -0.344 e. The number of amides is 3. The number of nitrogens with zero attached hydrogens (tertiary/aromatic N) is 6. The van der Waals surface area contributed by atoms with E-state index >= 15 is 0 Å². The molecule has 12 heteroatoms. The highest BCUT2D eigenvalue weighted by atomic mass is 16.2. The number of piperidine rings is 1. The average Bonchev–Trinajstić information content (AvgIpc) is 3.34. The molecular formula is C28H34N8O4. The summed E-state index contributed by atoms with van der Waals surface area (Å²) in [6.45, 7) is 3.24. The molecule has 40 heavy (non-hydrogen) atoms. The second-order valence-corrected chi connectivity index (χ2v) is 10.3. The highest BCUT2D eigenvalue weighted by Gasteiger charge is 2.34. The Morgan fingerprint density at radius 1 is 0.975 bits per heavy atom. The lowest BCUT2D eigenvalue weighted by Crippen LogP contribution is -2.53. The largest absolute Gasteiger partial charge is 0.344 e. The number of benzene rings is 1. The molecule has 12 nitrogen and oxygen atoms in total. The van der Waals surface area contributed by atoms with Gasteiger partial charge in [-0.1, -0.05) is 30.3 Å². The molecule has 3 aromatic rings. The standard InChI is InChI=1S/C28H34N8O4/c1-19-29-26-22(18-20-8-3-2-4-9-20)30-27(39)23-10-5-6-15-35(23)25(38)11-7-14-34(16-17-36(26)33-19)28(40)21-12-13-24(37)32-31-21/h2-4,8-9,12-13,22-23H,5-7,10-11,14-18H2,1H3,(H,30,39)(H,32,37)/t22-,23+/m1/s1. The Kier molecular flexibility index (Phi) is 8.32. The number of rotatable bonds is 3. The lowest BCUT2D eigenvalue weighted by Gasteiger charge is -2.36. The maximum absolute atomic E-state index is 13.7. The Hall–Kier alpha value is -4.35. The van der Waals surface area contributed by atoms with Gasteiger partial charge in [0.25, 0.3) is 11.5 Å². The smallest absolute Gasteiger partial charge is 0.274 e. The fourth-order valence-corrected chi connectivity index (χ4v) is 5.44. The monoisotopic (exact) mass is 546 g/mol. The van der Waals surface area contributed by atoms with Gasteiger partial charge in [-0.15, -0.1) is 0 Å². The van der Waals surface area contributed by atoms with Gasteiger partial charge in [0, 0.05) is 32.1 Å². The number of H-pyrrole nitrogens is 1. The van der Waals surface area contributed by atoms with Crippen LogP contribution in [0.4, 0.5) is 0 Å². The summed E-state index contributed by atoms with van der Waals surface area (Å²) in [4.78, 5) is 59.8. The normalized spacial score (nSPS) is 20.7. The molecule has 0 aliphatic carbocycles. The van der Waals surface area contributed by atoms with Gasteiger partial charge in [-0.25, -0.2) is 14.8 Å². The molecule has 2 atom stereocenters. The Labute approximate surface area is 231 Å². The van der Waals surface area contributed by atoms with Crippen molar-refractivity contribution in [3.05, 3.63) is 75.7 Å². The molecule has 210 valence electrons. The summed E-state index contributed by atoms with van der Waals surface area (Å²) in [5, 5.41) is 14.0. The van der Waals surface area contributed by atoms with Gasteiger partial charge in [0.2, 0.25) is 11.8 Å². The molecular weight excluding hydrogens is 512 g/mol. The van der Waals surface area contributed by atoms with Gasteiger partial charge in [-0.05, 0) is 50.7 Å². The van der Waals surface area contributed by atoms with E-state index in [1.807, 2.05) is 30.3 Å². The summed E-state index contributed by atoms with van der Waals surface area (Å²) in [6.07, 6.45) is 3.46. The van der Waals surface area contributed by atoms with E-state index in [9.17, 15) is 19.2 Å². The summed E-state index contributed by atoms with van der Waals surface area (Å²) in [5.41, 5.74) is 0.750. The van der Waals surface area contributed by atoms with Gasteiger partial charge in [-0.2, -0.15) is 10.2 Å². The van der Waals surface area contributed by atoms with Crippen LogP contribution in [-0.4, -0.2) is 78.2 Å². The number of aromatic nitrogens is 5. The number of carbonyl (C=O) groups excluding carboxylic acids is 3. The van der Waals surface area contributed by atoms with E-state index in [0.29, 0.717) is 50.5 Å². The van der Waals surface area contributed by atoms with E-state index in [1.165, 1.54) is 12.1 Å². The zero-order chi connectivity index (χ0) is 28.1. The van der Waals surface area contributed by atoms with E-state index in [2.05, 4.69) is 20.6 Å². The fraction of sp³-hybridized carbons (Fsp3) is 0.464. The molecule has 1 aromatic carbocycles. The molecule has 1 fully saturated rings. The number of aromatic amines is 1. The maximum atomic E-state index is 13.7. The van der Waals surface area contributed by atoms with Crippen molar-refractivity contribution in [2.24, 2.45) is 0 Å². The first kappa shape index (κ1) is 27.2. The Bertz CT molecular complexity index is 1400. The van der Waals surface area contributed by atoms with Crippen molar-refractivity contribution in [1.29, 1.82) is 0 Å². The Morgan fingerprint density at radius 3 is 2.58 bits per heavy atom. The third-order valence-electron chi connectivity index (χ3n) is 7.43.